The van der Waals surface area contributed by atoms with Gasteiger partial charge in [0.1, 0.15) is 34.8 Å². The molecule has 2 heterocycles. The molecule has 1 aromatic carbocycles. The van der Waals surface area contributed by atoms with Gasteiger partial charge in [0, 0.05) is 18.0 Å². The number of sulfone groups is 1. The highest BCUT2D eigenvalue weighted by Gasteiger charge is 2.61. The number of carbonyl (C=O) groups is 4. The molecule has 0 radical (unpaired) electrons. The molecule has 3 fully saturated rings. The first-order valence-corrected chi connectivity index (χ1v) is 19.2. The van der Waals surface area contributed by atoms with Crippen LogP contribution >= 0.6 is 0 Å². The van der Waals surface area contributed by atoms with Gasteiger partial charge in [0.25, 0.3) is 0 Å². The molecule has 3 aliphatic rings. The number of methoxy groups -OCH3 is 1. The second-order valence-electron chi connectivity index (χ2n) is 16.1. The number of rotatable bonds is 13. The Labute approximate surface area is 294 Å². The predicted octanol–water partition coefficient (Wildman–Crippen LogP) is 4.42. The minimum Gasteiger partial charge on any atom is -0.497 e. The van der Waals surface area contributed by atoms with Crippen molar-refractivity contribution in [3.8, 4) is 11.6 Å². The number of aromatic nitrogens is 1. The van der Waals surface area contributed by atoms with Gasteiger partial charge in [-0.15, -0.1) is 0 Å². The Hall–Kier alpha value is -3.74. The van der Waals surface area contributed by atoms with Crippen molar-refractivity contribution in [2.45, 2.75) is 116 Å². The number of likely N-dealkylation sites (tertiary alicyclic amines) is 1. The molecular formula is C37H51N3O9S. The molecule has 50 heavy (non-hydrogen) atoms. The van der Waals surface area contributed by atoms with Gasteiger partial charge in [-0.2, -0.15) is 0 Å². The Bertz CT molecular complexity index is 1760. The number of nitrogens with one attached hydrogen (secondary N) is 1. The summed E-state index contributed by atoms with van der Waals surface area (Å²) in [6.45, 7) is 12.8. The maximum atomic E-state index is 14.5. The summed E-state index contributed by atoms with van der Waals surface area (Å²) < 4.78 is 42.9. The van der Waals surface area contributed by atoms with Gasteiger partial charge in [-0.1, -0.05) is 34.1 Å². The largest absolute Gasteiger partial charge is 0.497 e. The van der Waals surface area contributed by atoms with Crippen molar-refractivity contribution in [1.29, 1.82) is 0 Å². The molecule has 0 spiro atoms. The molecule has 2 aliphatic carbocycles. The molecule has 1 saturated heterocycles. The lowest BCUT2D eigenvalue weighted by Crippen LogP contribution is -2.55. The molecule has 1 N–H and O–H groups in total. The zero-order valence-corrected chi connectivity index (χ0v) is 31.2. The average molecular weight is 714 g/mol. The standard InChI is InChI=1S/C37H51N3O9S/c1-9-23-19-37(23,30(41)21-50(45,46)26-11-12-26)39-32(43)29-17-25(48-33-27-13-10-24(47-8)16-22(27)14-15-38-33)20-40(29)34(44)28(35(2,3)4)18-31(42)49-36(5,6)7/h10,13-16,23,25-26,28-29H,9,11-12,17-21H2,1-8H3,(H,39,43)/t23-,25-,28-,29+,37-/m1/s1. The zero-order chi connectivity index (χ0) is 36.8. The number of Topliss-reactive ketones (excluding diaryl/α,β-unsaturated/α-hetero) is 1. The van der Waals surface area contributed by atoms with Crippen LogP contribution in [0.3, 0.4) is 0 Å². The number of ketones is 1. The zero-order valence-electron chi connectivity index (χ0n) is 30.4. The lowest BCUT2D eigenvalue weighted by Gasteiger charge is -2.35. The summed E-state index contributed by atoms with van der Waals surface area (Å²) in [6.07, 6.45) is 2.86. The first kappa shape index (κ1) is 37.5. The third-order valence-electron chi connectivity index (χ3n) is 10.0. The Balaban J connectivity index is 1.44. The summed E-state index contributed by atoms with van der Waals surface area (Å²) in [5.74, 6) is -2.68. The van der Waals surface area contributed by atoms with Crippen molar-refractivity contribution < 1.29 is 41.8 Å². The highest BCUT2D eigenvalue weighted by atomic mass is 32.2. The van der Waals surface area contributed by atoms with E-state index in [2.05, 4.69) is 10.3 Å². The number of esters is 1. The fraction of sp³-hybridized carbons (Fsp3) is 0.649. The maximum absolute atomic E-state index is 14.5. The van der Waals surface area contributed by atoms with Gasteiger partial charge >= 0.3 is 5.97 Å². The number of hydrogen-bond acceptors (Lipinski definition) is 10. The summed E-state index contributed by atoms with van der Waals surface area (Å²) in [4.78, 5) is 61.3. The van der Waals surface area contributed by atoms with Crippen molar-refractivity contribution in [3.05, 3.63) is 30.5 Å². The number of pyridine rings is 1. The third kappa shape index (κ3) is 8.24. The van der Waals surface area contributed by atoms with E-state index in [-0.39, 0.29) is 25.3 Å². The van der Waals surface area contributed by atoms with Crippen LogP contribution in [0.5, 0.6) is 11.6 Å². The quantitative estimate of drug-likeness (QED) is 0.295. The Kier molecular flexibility index (Phi) is 10.3. The van der Waals surface area contributed by atoms with Gasteiger partial charge in [-0.3, -0.25) is 19.2 Å². The monoisotopic (exact) mass is 713 g/mol. The molecule has 0 unspecified atom stereocenters. The number of hydrogen-bond donors (Lipinski definition) is 1. The van der Waals surface area contributed by atoms with Crippen molar-refractivity contribution >= 4 is 44.2 Å². The lowest BCUT2D eigenvalue weighted by atomic mass is 9.77. The molecule has 5 rings (SSSR count). The smallest absolute Gasteiger partial charge is 0.307 e. The highest BCUT2D eigenvalue weighted by molar-refractivity contribution is 7.93. The van der Waals surface area contributed by atoms with E-state index >= 15 is 0 Å². The molecule has 2 saturated carbocycles. The van der Waals surface area contributed by atoms with Gasteiger partial charge < -0.3 is 24.4 Å². The van der Waals surface area contributed by atoms with E-state index in [9.17, 15) is 27.6 Å². The number of ether oxygens (including phenoxy) is 3. The van der Waals surface area contributed by atoms with Gasteiger partial charge in [-0.25, -0.2) is 13.4 Å². The number of amides is 2. The fourth-order valence-corrected chi connectivity index (χ4v) is 8.66. The lowest BCUT2D eigenvalue weighted by molar-refractivity contribution is -0.161. The Morgan fingerprint density at radius 3 is 2.36 bits per heavy atom. The van der Waals surface area contributed by atoms with E-state index in [0.717, 1.165) is 10.8 Å². The van der Waals surface area contributed by atoms with Crippen LogP contribution in [-0.4, -0.2) is 89.8 Å². The van der Waals surface area contributed by atoms with Crippen molar-refractivity contribution in [1.82, 2.24) is 15.2 Å². The van der Waals surface area contributed by atoms with E-state index in [1.54, 1.807) is 40.1 Å². The van der Waals surface area contributed by atoms with Crippen molar-refractivity contribution in [3.63, 3.8) is 0 Å². The molecular weight excluding hydrogens is 662 g/mol. The third-order valence-corrected chi connectivity index (χ3v) is 12.2. The van der Waals surface area contributed by atoms with Crippen LogP contribution in [0.4, 0.5) is 0 Å². The minimum absolute atomic E-state index is 0.0280. The van der Waals surface area contributed by atoms with Crippen LogP contribution in [0, 0.1) is 17.3 Å². The van der Waals surface area contributed by atoms with E-state index in [4.69, 9.17) is 14.2 Å². The Morgan fingerprint density at radius 2 is 1.78 bits per heavy atom. The Morgan fingerprint density at radius 1 is 1.08 bits per heavy atom. The second kappa shape index (κ2) is 13.8. The minimum atomic E-state index is -3.60. The number of fused-ring (bicyclic) bond motifs is 1. The van der Waals surface area contributed by atoms with E-state index < -0.39 is 79.0 Å². The number of carbonyl (C=O) groups excluding carboxylic acids is 4. The van der Waals surface area contributed by atoms with Gasteiger partial charge in [0.2, 0.25) is 17.7 Å². The second-order valence-corrected chi connectivity index (χ2v) is 18.4. The molecule has 5 atom stereocenters. The normalized spacial score (nSPS) is 24.4. The maximum Gasteiger partial charge on any atom is 0.307 e. The molecule has 13 heteroatoms. The summed E-state index contributed by atoms with van der Waals surface area (Å²) in [7, 11) is -2.02. The molecule has 1 aliphatic heterocycles. The highest BCUT2D eigenvalue weighted by Crippen LogP contribution is 2.48. The molecule has 0 bridgehead atoms. The average Bonchev–Trinajstić information content (AvgIpc) is 3.95. The first-order valence-electron chi connectivity index (χ1n) is 17.5. The van der Waals surface area contributed by atoms with Crippen molar-refractivity contribution in [2.24, 2.45) is 17.3 Å². The summed E-state index contributed by atoms with van der Waals surface area (Å²) in [6, 6.07) is 6.26. The number of nitrogens with zero attached hydrogens (tertiary/aromatic N) is 2. The van der Waals surface area contributed by atoms with Crippen LogP contribution in [0.1, 0.15) is 87.0 Å². The summed E-state index contributed by atoms with van der Waals surface area (Å²) >= 11 is 0. The molecule has 12 nitrogen and oxygen atoms in total. The van der Waals surface area contributed by atoms with Gasteiger partial charge in [0.05, 0.1) is 31.2 Å². The molecule has 1 aromatic heterocycles. The number of benzene rings is 1. The SMILES string of the molecule is CC[C@@H]1C[C@]1(NC(=O)[C@@H]1C[C@@H](Oc2nccc3cc(OC)ccc23)CN1C(=O)[C@@H](CC(=O)OC(C)(C)C)C(C)(C)C)C(=O)CS(=O)(=O)C1CC1. The van der Waals surface area contributed by atoms with Crippen LogP contribution in [0.2, 0.25) is 0 Å². The summed E-state index contributed by atoms with van der Waals surface area (Å²) in [5, 5.41) is 3.99. The fourth-order valence-electron chi connectivity index (χ4n) is 6.94. The van der Waals surface area contributed by atoms with Crippen molar-refractivity contribution in [2.75, 3.05) is 19.4 Å². The molecule has 2 amide bonds. The van der Waals surface area contributed by atoms with Crippen LogP contribution in [0.15, 0.2) is 30.5 Å². The molecule has 274 valence electrons. The van der Waals surface area contributed by atoms with Gasteiger partial charge in [0.15, 0.2) is 15.6 Å². The predicted molar refractivity (Wildman–Crippen MR) is 187 cm³/mol. The molecule has 2 aromatic rings. The van der Waals surface area contributed by atoms with E-state index in [1.165, 1.54) is 4.90 Å². The van der Waals surface area contributed by atoms with Crippen LogP contribution < -0.4 is 14.8 Å². The topological polar surface area (TPSA) is 158 Å². The van der Waals surface area contributed by atoms with E-state index in [1.807, 2.05) is 45.9 Å². The van der Waals surface area contributed by atoms with Crippen LogP contribution in [-0.2, 0) is 33.8 Å². The summed E-state index contributed by atoms with van der Waals surface area (Å²) in [5.41, 5.74) is -2.74. The first-order chi connectivity index (χ1) is 23.3. The van der Waals surface area contributed by atoms with Gasteiger partial charge in [-0.05, 0) is 81.0 Å². The van der Waals surface area contributed by atoms with Crippen LogP contribution in [0.25, 0.3) is 10.8 Å². The van der Waals surface area contributed by atoms with E-state index in [0.29, 0.717) is 37.3 Å².